The van der Waals surface area contributed by atoms with Gasteiger partial charge in [0.1, 0.15) is 5.82 Å². The number of benzene rings is 1. The second-order valence-corrected chi connectivity index (χ2v) is 7.64. The third kappa shape index (κ3) is 2.62. The number of hydrogen-bond donors (Lipinski definition) is 2. The number of carbonyl (C=O) groups excluding carboxylic acids is 2. The van der Waals surface area contributed by atoms with E-state index < -0.39 is 27.2 Å². The third-order valence-electron chi connectivity index (χ3n) is 3.87. The van der Waals surface area contributed by atoms with Crippen LogP contribution in [0.1, 0.15) is 34.1 Å². The molecule has 3 rings (SSSR count). The van der Waals surface area contributed by atoms with Gasteiger partial charge in [-0.05, 0) is 18.6 Å². The number of rotatable bonds is 4. The quantitative estimate of drug-likeness (QED) is 0.763. The minimum atomic E-state index is -3.64. The van der Waals surface area contributed by atoms with Gasteiger partial charge in [0.25, 0.3) is 17.4 Å². The monoisotopic (exact) mass is 361 g/mol. The molecule has 0 saturated heterocycles. The summed E-state index contributed by atoms with van der Waals surface area (Å²) < 4.78 is 26.0. The Hall–Kier alpha value is -2.94. The highest BCUT2D eigenvalue weighted by Crippen LogP contribution is 2.27. The summed E-state index contributed by atoms with van der Waals surface area (Å²) in [7, 11) is -3.64. The fraction of sp³-hybridized carbons (Fsp3) is 0.188. The van der Waals surface area contributed by atoms with E-state index >= 15 is 0 Å². The van der Waals surface area contributed by atoms with Gasteiger partial charge in [-0.1, -0.05) is 19.1 Å². The predicted molar refractivity (Wildman–Crippen MR) is 90.6 cm³/mol. The molecule has 1 aliphatic heterocycles. The lowest BCUT2D eigenvalue weighted by Gasteiger charge is -2.15. The molecule has 0 spiro atoms. The number of fused-ring (bicyclic) bond motifs is 1. The van der Waals surface area contributed by atoms with Gasteiger partial charge in [-0.2, -0.15) is 0 Å². The first-order valence-electron chi connectivity index (χ1n) is 7.51. The van der Waals surface area contributed by atoms with Crippen LogP contribution in [0.5, 0.6) is 0 Å². The van der Waals surface area contributed by atoms with Gasteiger partial charge < -0.3 is 5.73 Å². The fourth-order valence-electron chi connectivity index (χ4n) is 2.81. The van der Waals surface area contributed by atoms with Crippen molar-refractivity contribution in [3.05, 3.63) is 51.8 Å². The first-order chi connectivity index (χ1) is 11.8. The molecular weight excluding hydrogens is 346 g/mol. The van der Waals surface area contributed by atoms with Crippen molar-refractivity contribution >= 4 is 27.5 Å². The minimum absolute atomic E-state index is 0.0494. The Kier molecular flexibility index (Phi) is 3.96. The molecule has 0 atom stereocenters. The van der Waals surface area contributed by atoms with E-state index in [2.05, 4.69) is 5.32 Å². The molecule has 2 aromatic rings. The van der Waals surface area contributed by atoms with Crippen molar-refractivity contribution in [2.24, 2.45) is 0 Å². The topological polar surface area (TPSA) is 128 Å². The number of imide groups is 1. The van der Waals surface area contributed by atoms with E-state index in [1.54, 1.807) is 13.0 Å². The molecule has 1 aliphatic rings. The van der Waals surface area contributed by atoms with Crippen molar-refractivity contribution in [3.8, 4) is 5.69 Å². The molecule has 0 bridgehead atoms. The number of nitrogens with one attached hydrogen (secondary N) is 1. The summed E-state index contributed by atoms with van der Waals surface area (Å²) in [6.07, 6.45) is 0.405. The molecule has 0 fully saturated rings. The van der Waals surface area contributed by atoms with Crippen LogP contribution in [0, 0.1) is 0 Å². The third-order valence-corrected chi connectivity index (χ3v) is 5.83. The van der Waals surface area contributed by atoms with Gasteiger partial charge >= 0.3 is 0 Å². The molecule has 0 radical (unpaired) electrons. The molecule has 0 saturated carbocycles. The lowest BCUT2D eigenvalue weighted by atomic mass is 10.1. The zero-order valence-electron chi connectivity index (χ0n) is 13.3. The van der Waals surface area contributed by atoms with Crippen molar-refractivity contribution in [2.75, 3.05) is 11.5 Å². The highest BCUT2D eigenvalue weighted by Gasteiger charge is 2.32. The summed E-state index contributed by atoms with van der Waals surface area (Å²) in [4.78, 5) is 36.1. The van der Waals surface area contributed by atoms with Crippen LogP contribution in [0.15, 0.2) is 40.0 Å². The molecule has 25 heavy (non-hydrogen) atoms. The molecule has 130 valence electrons. The normalized spacial score (nSPS) is 13.6. The number of pyridine rings is 1. The second kappa shape index (κ2) is 5.85. The van der Waals surface area contributed by atoms with Gasteiger partial charge in [-0.15, -0.1) is 0 Å². The van der Waals surface area contributed by atoms with Gasteiger partial charge in [-0.25, -0.2) is 8.42 Å². The molecular formula is C16H15N3O5S. The van der Waals surface area contributed by atoms with Crippen LogP contribution < -0.4 is 16.6 Å². The van der Waals surface area contributed by atoms with E-state index in [4.69, 9.17) is 5.73 Å². The Bertz CT molecular complexity index is 1070. The summed E-state index contributed by atoms with van der Waals surface area (Å²) in [5, 5.41) is 2.07. The molecule has 2 amide bonds. The summed E-state index contributed by atoms with van der Waals surface area (Å²) in [6, 6.07) is 6.89. The number of carbonyl (C=O) groups is 2. The second-order valence-electron chi connectivity index (χ2n) is 5.56. The van der Waals surface area contributed by atoms with Crippen LogP contribution in [0.25, 0.3) is 5.69 Å². The lowest BCUT2D eigenvalue weighted by molar-refractivity contribution is 0.0880. The number of amides is 2. The van der Waals surface area contributed by atoms with Gasteiger partial charge in [0.2, 0.25) is 0 Å². The first kappa shape index (κ1) is 16.9. The summed E-state index contributed by atoms with van der Waals surface area (Å²) in [5.41, 5.74) is 5.07. The number of sulfone groups is 1. The average molecular weight is 361 g/mol. The number of aromatic nitrogens is 1. The SMILES string of the molecule is CCCS(=O)(=O)c1ccccc1-n1c(N)c2c(cc1=O)C(=O)NC2=O. The Labute approximate surface area is 143 Å². The summed E-state index contributed by atoms with van der Waals surface area (Å²) in [6.45, 7) is 1.73. The van der Waals surface area contributed by atoms with Crippen molar-refractivity contribution in [2.45, 2.75) is 18.2 Å². The summed E-state index contributed by atoms with van der Waals surface area (Å²) >= 11 is 0. The summed E-state index contributed by atoms with van der Waals surface area (Å²) in [5.74, 6) is -1.80. The van der Waals surface area contributed by atoms with Crippen LogP contribution >= 0.6 is 0 Å². The Morgan fingerprint density at radius 1 is 1.12 bits per heavy atom. The van der Waals surface area contributed by atoms with Crippen molar-refractivity contribution in [1.29, 1.82) is 0 Å². The highest BCUT2D eigenvalue weighted by atomic mass is 32.2. The Balaban J connectivity index is 2.34. The number of nitrogen functional groups attached to an aromatic ring is 1. The number of nitrogens with zero attached hydrogens (tertiary/aromatic N) is 1. The molecule has 9 heteroatoms. The van der Waals surface area contributed by atoms with E-state index in [0.29, 0.717) is 6.42 Å². The van der Waals surface area contributed by atoms with Gasteiger partial charge in [0.15, 0.2) is 9.84 Å². The van der Waals surface area contributed by atoms with Crippen LogP contribution in [0.2, 0.25) is 0 Å². The predicted octanol–water partition coefficient (Wildman–Crippen LogP) is 0.487. The smallest absolute Gasteiger partial charge is 0.262 e. The van der Waals surface area contributed by atoms with Crippen molar-refractivity contribution in [1.82, 2.24) is 9.88 Å². The van der Waals surface area contributed by atoms with E-state index in [0.717, 1.165) is 10.6 Å². The number of para-hydroxylation sites is 1. The zero-order valence-corrected chi connectivity index (χ0v) is 14.1. The largest absolute Gasteiger partial charge is 0.384 e. The fourth-order valence-corrected chi connectivity index (χ4v) is 4.33. The van der Waals surface area contributed by atoms with E-state index in [9.17, 15) is 22.8 Å². The van der Waals surface area contributed by atoms with E-state index in [-0.39, 0.29) is 33.3 Å². The van der Waals surface area contributed by atoms with Crippen LogP contribution in [0.3, 0.4) is 0 Å². The number of anilines is 1. The van der Waals surface area contributed by atoms with Crippen LogP contribution in [0.4, 0.5) is 5.82 Å². The minimum Gasteiger partial charge on any atom is -0.384 e. The van der Waals surface area contributed by atoms with Crippen LogP contribution in [-0.4, -0.2) is 30.6 Å². The van der Waals surface area contributed by atoms with Crippen molar-refractivity contribution < 1.29 is 18.0 Å². The standard InChI is InChI=1S/C16H15N3O5S/c1-2-7-25(23,24)11-6-4-3-5-10(11)19-12(20)8-9-13(14(19)17)16(22)18-15(9)21/h3-6,8H,2,7,17H2,1H3,(H,18,21,22). The first-order valence-corrected chi connectivity index (χ1v) is 9.16. The highest BCUT2D eigenvalue weighted by molar-refractivity contribution is 7.91. The molecule has 8 nitrogen and oxygen atoms in total. The van der Waals surface area contributed by atoms with Gasteiger partial charge in [-0.3, -0.25) is 24.3 Å². The maximum Gasteiger partial charge on any atom is 0.262 e. The maximum atomic E-state index is 12.5. The molecule has 0 aliphatic carbocycles. The van der Waals surface area contributed by atoms with Gasteiger partial charge in [0, 0.05) is 6.07 Å². The molecule has 1 aromatic carbocycles. The van der Waals surface area contributed by atoms with Crippen LogP contribution in [-0.2, 0) is 9.84 Å². The number of hydrogen-bond acceptors (Lipinski definition) is 6. The number of nitrogens with two attached hydrogens (primary N) is 1. The Morgan fingerprint density at radius 3 is 2.48 bits per heavy atom. The average Bonchev–Trinajstić information content (AvgIpc) is 2.82. The van der Waals surface area contributed by atoms with E-state index in [1.165, 1.54) is 18.2 Å². The maximum absolute atomic E-state index is 12.5. The van der Waals surface area contributed by atoms with Crippen molar-refractivity contribution in [3.63, 3.8) is 0 Å². The lowest BCUT2D eigenvalue weighted by Crippen LogP contribution is -2.25. The molecule has 0 unspecified atom stereocenters. The van der Waals surface area contributed by atoms with E-state index in [1.807, 2.05) is 0 Å². The van der Waals surface area contributed by atoms with Gasteiger partial charge in [0.05, 0.1) is 27.5 Å². The molecule has 3 N–H and O–H groups in total. The zero-order chi connectivity index (χ0) is 18.4. The molecule has 2 heterocycles. The Morgan fingerprint density at radius 2 is 1.80 bits per heavy atom. The molecule has 1 aromatic heterocycles.